The summed E-state index contributed by atoms with van der Waals surface area (Å²) in [5.41, 5.74) is 16.4. The number of para-hydroxylation sites is 8. The molecule has 4 heterocycles. The first-order valence-corrected chi connectivity index (χ1v) is 26.8. The molecule has 0 saturated heterocycles. The number of carbonyl (C=O) groups is 2. The summed E-state index contributed by atoms with van der Waals surface area (Å²) in [4.78, 5) is 24.4. The van der Waals surface area contributed by atoms with E-state index < -0.39 is 11.9 Å². The largest absolute Gasteiger partial charge is 0.481 e. The van der Waals surface area contributed by atoms with Crippen molar-refractivity contribution in [1.29, 1.82) is 0 Å². The van der Waals surface area contributed by atoms with Gasteiger partial charge in [-0.1, -0.05) is 206 Å². The third kappa shape index (κ3) is 11.6. The SMILES string of the molecule is NCC1c2ccccc2Oc2ccccc21.O=C(NCc1ccccc1)C1c2ccccc2Oc2ccccc21.O=C(O)C1c2ccccc2Oc2ccccc21.c1ccc(CNCC2c3ccccc3Oc3ccccc32)cc1. The Balaban J connectivity index is 0.000000114. The van der Waals surface area contributed by atoms with Crippen molar-refractivity contribution in [3.05, 3.63) is 310 Å². The number of nitrogens with two attached hydrogens (primary N) is 1. The van der Waals surface area contributed by atoms with Gasteiger partial charge in [0.1, 0.15) is 51.9 Å². The van der Waals surface area contributed by atoms with E-state index in [4.69, 9.17) is 24.7 Å². The lowest BCUT2D eigenvalue weighted by Crippen LogP contribution is -2.31. The summed E-state index contributed by atoms with van der Waals surface area (Å²) in [5, 5.41) is 16.0. The first-order valence-electron chi connectivity index (χ1n) is 26.8. The van der Waals surface area contributed by atoms with Gasteiger partial charge in [0.05, 0.1) is 5.92 Å². The summed E-state index contributed by atoms with van der Waals surface area (Å²) in [6, 6.07) is 83.2. The topological polar surface area (TPSA) is 141 Å². The molecular formula is C70H59N3O7. The highest BCUT2D eigenvalue weighted by atomic mass is 16.5. The monoisotopic (exact) mass is 1050 g/mol. The molecule has 0 radical (unpaired) electrons. The lowest BCUT2D eigenvalue weighted by Gasteiger charge is -2.28. The Kier molecular flexibility index (Phi) is 16.2. The molecular weight excluding hydrogens is 995 g/mol. The van der Waals surface area contributed by atoms with Gasteiger partial charge in [-0.05, 0) is 59.7 Å². The van der Waals surface area contributed by atoms with Gasteiger partial charge in [0.15, 0.2) is 0 Å². The van der Waals surface area contributed by atoms with E-state index in [-0.39, 0.29) is 17.7 Å². The van der Waals surface area contributed by atoms with E-state index in [1.165, 1.54) is 27.8 Å². The van der Waals surface area contributed by atoms with E-state index >= 15 is 0 Å². The molecule has 0 saturated carbocycles. The minimum absolute atomic E-state index is 0.0120. The van der Waals surface area contributed by atoms with Crippen LogP contribution in [-0.2, 0) is 22.7 Å². The van der Waals surface area contributed by atoms with Crippen LogP contribution in [0.5, 0.6) is 46.0 Å². The molecule has 0 spiro atoms. The molecule has 14 rings (SSSR count). The summed E-state index contributed by atoms with van der Waals surface area (Å²) in [7, 11) is 0. The number of benzene rings is 10. The van der Waals surface area contributed by atoms with Crippen LogP contribution in [0.15, 0.2) is 255 Å². The van der Waals surface area contributed by atoms with Crippen LogP contribution in [0.2, 0.25) is 0 Å². The molecule has 396 valence electrons. The van der Waals surface area contributed by atoms with Crippen LogP contribution >= 0.6 is 0 Å². The Morgan fingerprint density at radius 1 is 0.350 bits per heavy atom. The van der Waals surface area contributed by atoms with Crippen molar-refractivity contribution in [2.24, 2.45) is 5.73 Å². The second-order valence-corrected chi connectivity index (χ2v) is 19.6. The molecule has 1 amide bonds. The van der Waals surface area contributed by atoms with Gasteiger partial charge in [-0.2, -0.15) is 0 Å². The molecule has 5 N–H and O–H groups in total. The van der Waals surface area contributed by atoms with E-state index in [2.05, 4.69) is 89.5 Å². The molecule has 10 nitrogen and oxygen atoms in total. The van der Waals surface area contributed by atoms with Gasteiger partial charge >= 0.3 is 5.97 Å². The van der Waals surface area contributed by atoms with Crippen LogP contribution in [0, 0.1) is 0 Å². The lowest BCUT2D eigenvalue weighted by atomic mass is 9.87. The Hall–Kier alpha value is -9.74. The predicted octanol–water partition coefficient (Wildman–Crippen LogP) is 14.8. The zero-order valence-electron chi connectivity index (χ0n) is 43.9. The summed E-state index contributed by atoms with van der Waals surface area (Å²) < 4.78 is 23.5. The van der Waals surface area contributed by atoms with E-state index in [1.54, 1.807) is 24.3 Å². The first-order chi connectivity index (χ1) is 39.4. The fourth-order valence-corrected chi connectivity index (χ4v) is 10.7. The summed E-state index contributed by atoms with van der Waals surface area (Å²) in [6.45, 7) is 2.90. The van der Waals surface area contributed by atoms with Crippen molar-refractivity contribution in [3.63, 3.8) is 0 Å². The van der Waals surface area contributed by atoms with Gasteiger partial charge in [0.2, 0.25) is 5.91 Å². The van der Waals surface area contributed by atoms with Crippen molar-refractivity contribution >= 4 is 11.9 Å². The Labute approximate surface area is 466 Å². The number of hydrogen-bond acceptors (Lipinski definition) is 8. The normalized spacial score (nSPS) is 13.2. The first kappa shape index (κ1) is 52.3. The Morgan fingerprint density at radius 2 is 0.625 bits per heavy atom. The molecule has 10 aromatic carbocycles. The van der Waals surface area contributed by atoms with Crippen LogP contribution in [0.3, 0.4) is 0 Å². The lowest BCUT2D eigenvalue weighted by molar-refractivity contribution is -0.137. The quantitative estimate of drug-likeness (QED) is 0.111. The number of carbonyl (C=O) groups excluding carboxylic acids is 1. The van der Waals surface area contributed by atoms with Gasteiger partial charge in [0.25, 0.3) is 0 Å². The molecule has 10 heteroatoms. The van der Waals surface area contributed by atoms with Gasteiger partial charge < -0.3 is 40.4 Å². The zero-order chi connectivity index (χ0) is 54.6. The second-order valence-electron chi connectivity index (χ2n) is 19.6. The standard InChI is InChI=1S/C21H17NO2.C21H19NO.C14H13NO.C14H10O3/c23-21(22-14-15-8-2-1-3-9-15)20-16-10-4-6-12-18(16)24-19-13-7-5-11-17(19)20;1-2-8-16(9-3-1)14-22-15-19-17-10-4-6-12-20(17)23-21-13-7-5-11-18(19)21;15-9-12-10-5-1-3-7-13(10)16-14-8-4-2-6-11(12)14;15-14(16)13-9-5-1-3-7-11(9)17-12-8-4-2-6-10(12)13/h1-13,20H,14H2,(H,22,23);1-13,19,22H,14-15H2;1-8,12H,9,15H2;1-8,13H,(H,15,16). The molecule has 4 aliphatic rings. The van der Waals surface area contributed by atoms with Gasteiger partial charge in [0, 0.05) is 82.5 Å². The summed E-state index contributed by atoms with van der Waals surface area (Å²) in [5.74, 6) is 5.25. The maximum absolute atomic E-state index is 12.9. The number of hydrogen-bond donors (Lipinski definition) is 4. The molecule has 10 aromatic rings. The predicted molar refractivity (Wildman–Crippen MR) is 312 cm³/mol. The molecule has 0 fully saturated rings. The minimum atomic E-state index is -0.854. The van der Waals surface area contributed by atoms with Crippen molar-refractivity contribution < 1.29 is 33.6 Å². The highest BCUT2D eigenvalue weighted by Crippen LogP contribution is 2.47. The van der Waals surface area contributed by atoms with Gasteiger partial charge in [-0.3, -0.25) is 9.59 Å². The number of aliphatic carboxylic acids is 1. The maximum Gasteiger partial charge on any atom is 0.315 e. The summed E-state index contributed by atoms with van der Waals surface area (Å²) in [6.07, 6.45) is 0. The van der Waals surface area contributed by atoms with Crippen molar-refractivity contribution in [2.75, 3.05) is 13.1 Å². The molecule has 0 aliphatic carbocycles. The third-order valence-corrected chi connectivity index (χ3v) is 14.6. The fourth-order valence-electron chi connectivity index (χ4n) is 10.7. The van der Waals surface area contributed by atoms with E-state index in [0.29, 0.717) is 41.6 Å². The number of carboxylic acids is 1. The average molecular weight is 1050 g/mol. The fraction of sp³-hybridized carbons (Fsp3) is 0.114. The van der Waals surface area contributed by atoms with Crippen LogP contribution in [0.4, 0.5) is 0 Å². The van der Waals surface area contributed by atoms with Crippen molar-refractivity contribution in [1.82, 2.24) is 10.6 Å². The average Bonchev–Trinajstić information content (AvgIpc) is 3.53. The third-order valence-electron chi connectivity index (χ3n) is 14.6. The highest BCUT2D eigenvalue weighted by molar-refractivity contribution is 5.89. The maximum atomic E-state index is 12.9. The van der Waals surface area contributed by atoms with Gasteiger partial charge in [-0.25, -0.2) is 0 Å². The number of amides is 1. The smallest absolute Gasteiger partial charge is 0.315 e. The number of nitrogens with one attached hydrogen (secondary N) is 2. The Morgan fingerprint density at radius 3 is 0.963 bits per heavy atom. The van der Waals surface area contributed by atoms with E-state index in [1.807, 2.05) is 152 Å². The highest BCUT2D eigenvalue weighted by Gasteiger charge is 2.34. The van der Waals surface area contributed by atoms with Crippen molar-refractivity contribution in [3.8, 4) is 46.0 Å². The van der Waals surface area contributed by atoms with Crippen LogP contribution < -0.4 is 35.3 Å². The van der Waals surface area contributed by atoms with Crippen LogP contribution in [-0.4, -0.2) is 30.1 Å². The molecule has 0 atom stereocenters. The molecule has 0 unspecified atom stereocenters. The van der Waals surface area contributed by atoms with Crippen LogP contribution in [0.1, 0.15) is 79.3 Å². The second kappa shape index (κ2) is 24.7. The van der Waals surface area contributed by atoms with Crippen LogP contribution in [0.25, 0.3) is 0 Å². The number of ether oxygens (including phenoxy) is 4. The minimum Gasteiger partial charge on any atom is -0.481 e. The molecule has 4 aliphatic heterocycles. The zero-order valence-corrected chi connectivity index (χ0v) is 43.9. The van der Waals surface area contributed by atoms with Gasteiger partial charge in [-0.15, -0.1) is 0 Å². The molecule has 80 heavy (non-hydrogen) atoms. The number of carboxylic acid groups (broad SMARTS) is 1. The molecule has 0 aromatic heterocycles. The Bertz CT molecular complexity index is 3570. The molecule has 0 bridgehead atoms. The summed E-state index contributed by atoms with van der Waals surface area (Å²) >= 11 is 0. The number of fused-ring (bicyclic) bond motifs is 8. The number of rotatable bonds is 9. The van der Waals surface area contributed by atoms with Crippen molar-refractivity contribution in [2.45, 2.75) is 36.8 Å². The van der Waals surface area contributed by atoms with E-state index in [0.717, 1.165) is 64.3 Å². The van der Waals surface area contributed by atoms with E-state index in [9.17, 15) is 14.7 Å².